The average molecular weight is 1660 g/mol. The van der Waals surface area contributed by atoms with Gasteiger partial charge in [0, 0.05) is 36.4 Å². The molecule has 0 spiro atoms. The van der Waals surface area contributed by atoms with Crippen LogP contribution in [0.1, 0.15) is 145 Å². The lowest BCUT2D eigenvalue weighted by molar-refractivity contribution is -0.0740. The first-order chi connectivity index (χ1) is 60.2. The van der Waals surface area contributed by atoms with Crippen molar-refractivity contribution in [2.75, 3.05) is 54.4 Å². The number of hydrogen-bond donors (Lipinski definition) is 0. The number of fused-ring (bicyclic) bond motifs is 4. The SMILES string of the molecule is CCc1ccc(OC(Oc2ccccc2)c2ccccc2)cc1.CCc1ccc2cc(OC(C)OCCC3CCCCC3)ccc2c1.CCc1ccc2cc(OC(C)OCCOc3cc(OC)cc(OC)c3)ccc2c1.CCc1ccc2cc(OC(C)OCCOc3ccccc3)ccc2c1.CCc1ccc2cc(OC(OC)c3ccccc3)ccc2c1. The molecule has 1 aliphatic rings. The van der Waals surface area contributed by atoms with Gasteiger partial charge >= 0.3 is 0 Å². The lowest BCUT2D eigenvalue weighted by atomic mass is 9.87. The molecule has 1 fully saturated rings. The zero-order valence-corrected chi connectivity index (χ0v) is 73.4. The van der Waals surface area contributed by atoms with Crippen LogP contribution >= 0.6 is 0 Å². The molecule has 642 valence electrons. The fourth-order valence-corrected chi connectivity index (χ4v) is 14.3. The van der Waals surface area contributed by atoms with Crippen LogP contribution < -0.4 is 47.4 Å². The number of hydrogen-bond acceptors (Lipinski definition) is 14. The van der Waals surface area contributed by atoms with Crippen molar-refractivity contribution in [1.29, 1.82) is 0 Å². The molecule has 0 bridgehead atoms. The minimum absolute atomic E-state index is 0.194. The van der Waals surface area contributed by atoms with E-state index in [1.54, 1.807) is 27.4 Å². The van der Waals surface area contributed by atoms with E-state index >= 15 is 0 Å². The highest BCUT2D eigenvalue weighted by Gasteiger charge is 2.19. The smallest absolute Gasteiger partial charge is 0.267 e. The predicted molar refractivity (Wildman–Crippen MR) is 499 cm³/mol. The number of methoxy groups -OCH3 is 3. The average Bonchev–Trinajstić information content (AvgIpc) is 0.840. The monoisotopic (exact) mass is 1650 g/mol. The molecule has 0 amide bonds. The Balaban J connectivity index is 0.000000150. The second-order valence-corrected chi connectivity index (χ2v) is 30.2. The molecular formula is C109H122O14. The molecule has 1 saturated carbocycles. The third kappa shape index (κ3) is 30.2. The summed E-state index contributed by atoms with van der Waals surface area (Å²) in [5.41, 5.74) is 8.67. The number of rotatable bonds is 36. The minimum Gasteiger partial charge on any atom is -0.496 e. The van der Waals surface area contributed by atoms with Crippen LogP contribution in [0.3, 0.4) is 0 Å². The molecule has 0 radical (unpaired) electrons. The van der Waals surface area contributed by atoms with Gasteiger partial charge in [-0.05, 0) is 221 Å². The molecule has 0 N–H and O–H groups in total. The molecule has 14 aromatic carbocycles. The molecule has 5 unspecified atom stereocenters. The molecule has 0 aromatic heterocycles. The van der Waals surface area contributed by atoms with Crippen LogP contribution in [0.4, 0.5) is 0 Å². The van der Waals surface area contributed by atoms with Crippen LogP contribution in [-0.4, -0.2) is 73.2 Å². The van der Waals surface area contributed by atoms with Gasteiger partial charge in [0.1, 0.15) is 70.7 Å². The summed E-state index contributed by atoms with van der Waals surface area (Å²) in [5.74, 6) is 8.61. The van der Waals surface area contributed by atoms with Crippen LogP contribution in [0, 0.1) is 5.92 Å². The van der Waals surface area contributed by atoms with E-state index in [4.69, 9.17) is 66.3 Å². The summed E-state index contributed by atoms with van der Waals surface area (Å²) in [4.78, 5) is 0. The van der Waals surface area contributed by atoms with Gasteiger partial charge in [-0.2, -0.15) is 0 Å². The first-order valence-electron chi connectivity index (χ1n) is 43.5. The standard InChI is InChI=1S/C24H28O5.C22H24O3.C22H30O2.C21H20O2.C20H20O2/c1-5-18-6-7-20-13-21(9-8-19(20)12-18)29-17(2)27-10-11-28-24-15-22(25-3)14-23(16-24)26-4;1-3-18-9-10-20-16-22(12-11-19(20)15-18)25-17(2)23-13-14-24-21-7-5-4-6-8-21;1-3-18-9-10-21-16-22(12-11-20(21)15-18)24-17(2)23-14-13-19-7-5-4-6-8-19;1-2-17-13-15-20(16-14-17)23-21(18-9-5-3-6-10-18)22-19-11-7-4-8-12-19;1-3-15-9-10-18-14-19(12-11-17(18)13-15)22-20(21-2)16-7-5-4-6-8-16/h6-9,12-17H,5,10-11H2,1-4H3;4-12,15-17H,3,13-14H2,1-2H3;9-12,15-17,19H,3-8,13-14H2,1-2H3;3-16,21H,2H2,1H3;4-14,20H,3H2,1-2H3. The molecule has 5 atom stereocenters. The van der Waals surface area contributed by atoms with Crippen molar-refractivity contribution in [2.45, 2.75) is 157 Å². The van der Waals surface area contributed by atoms with Crippen molar-refractivity contribution >= 4 is 43.1 Å². The zero-order valence-electron chi connectivity index (χ0n) is 73.4. The lowest BCUT2D eigenvalue weighted by Gasteiger charge is -2.22. The van der Waals surface area contributed by atoms with Gasteiger partial charge in [-0.3, -0.25) is 0 Å². The highest BCUT2D eigenvalue weighted by Crippen LogP contribution is 2.34. The van der Waals surface area contributed by atoms with Gasteiger partial charge in [-0.25, -0.2) is 0 Å². The zero-order chi connectivity index (χ0) is 86.2. The van der Waals surface area contributed by atoms with Gasteiger partial charge in [0.25, 0.3) is 6.29 Å². The first-order valence-corrected chi connectivity index (χ1v) is 43.5. The molecule has 0 saturated heterocycles. The number of benzene rings is 14. The Labute approximate surface area is 728 Å². The summed E-state index contributed by atoms with van der Waals surface area (Å²) in [7, 11) is 4.87. The third-order valence-electron chi connectivity index (χ3n) is 21.3. The van der Waals surface area contributed by atoms with Crippen LogP contribution in [-0.2, 0) is 51.1 Å². The van der Waals surface area contributed by atoms with E-state index in [2.05, 4.69) is 162 Å². The van der Waals surface area contributed by atoms with Crippen LogP contribution in [0.2, 0.25) is 0 Å². The van der Waals surface area contributed by atoms with Crippen LogP contribution in [0.5, 0.6) is 57.5 Å². The van der Waals surface area contributed by atoms with Gasteiger partial charge in [-0.15, -0.1) is 0 Å². The third-order valence-corrected chi connectivity index (χ3v) is 21.3. The Morgan fingerprint density at radius 2 is 0.553 bits per heavy atom. The number of aryl methyl sites for hydroxylation is 5. The van der Waals surface area contributed by atoms with Crippen LogP contribution in [0.15, 0.2) is 309 Å². The maximum Gasteiger partial charge on any atom is 0.267 e. The van der Waals surface area contributed by atoms with Crippen molar-refractivity contribution in [2.24, 2.45) is 5.92 Å². The van der Waals surface area contributed by atoms with Crippen molar-refractivity contribution in [1.82, 2.24) is 0 Å². The number of para-hydroxylation sites is 2. The van der Waals surface area contributed by atoms with E-state index in [-0.39, 0.29) is 18.9 Å². The van der Waals surface area contributed by atoms with E-state index in [9.17, 15) is 0 Å². The van der Waals surface area contributed by atoms with E-state index in [0.29, 0.717) is 43.7 Å². The molecule has 1 aliphatic carbocycles. The van der Waals surface area contributed by atoms with E-state index in [0.717, 1.165) is 101 Å². The molecule has 15 rings (SSSR count). The molecule has 123 heavy (non-hydrogen) atoms. The van der Waals surface area contributed by atoms with Crippen LogP contribution in [0.25, 0.3) is 43.1 Å². The highest BCUT2D eigenvalue weighted by molar-refractivity contribution is 5.87. The van der Waals surface area contributed by atoms with Crippen molar-refractivity contribution in [3.63, 3.8) is 0 Å². The summed E-state index contributed by atoms with van der Waals surface area (Å²) in [5, 5.41) is 9.69. The normalized spacial score (nSPS) is 13.0. The summed E-state index contributed by atoms with van der Waals surface area (Å²) >= 11 is 0. The molecule has 14 heteroatoms. The Kier molecular flexibility index (Phi) is 37.1. The Hall–Kier alpha value is -12.0. The largest absolute Gasteiger partial charge is 0.496 e. The van der Waals surface area contributed by atoms with Gasteiger partial charge in [0.05, 0.1) is 34.0 Å². The maximum atomic E-state index is 6.08. The Morgan fingerprint density at radius 3 is 0.935 bits per heavy atom. The minimum atomic E-state index is -0.480. The Morgan fingerprint density at radius 1 is 0.252 bits per heavy atom. The fourth-order valence-electron chi connectivity index (χ4n) is 14.3. The highest BCUT2D eigenvalue weighted by atomic mass is 16.7. The molecule has 14 nitrogen and oxygen atoms in total. The summed E-state index contributed by atoms with van der Waals surface area (Å²) in [6, 6.07) is 104. The van der Waals surface area contributed by atoms with Crippen molar-refractivity contribution in [3.8, 4) is 57.5 Å². The van der Waals surface area contributed by atoms with E-state index in [1.807, 2.05) is 197 Å². The van der Waals surface area contributed by atoms with Gasteiger partial charge < -0.3 is 66.3 Å². The van der Waals surface area contributed by atoms with Crippen molar-refractivity contribution < 1.29 is 66.3 Å². The first kappa shape index (κ1) is 91.7. The van der Waals surface area contributed by atoms with E-state index in [1.165, 1.54) is 104 Å². The van der Waals surface area contributed by atoms with E-state index < -0.39 is 12.6 Å². The molecule has 14 aromatic rings. The maximum absolute atomic E-state index is 6.08. The van der Waals surface area contributed by atoms with Gasteiger partial charge in [-0.1, -0.05) is 273 Å². The van der Waals surface area contributed by atoms with Gasteiger partial charge in [0.2, 0.25) is 6.29 Å². The predicted octanol–water partition coefficient (Wildman–Crippen LogP) is 27.1. The van der Waals surface area contributed by atoms with Crippen molar-refractivity contribution in [3.05, 3.63) is 348 Å². The fraction of sp³-hybridized carbons (Fsp3) is 0.303. The summed E-state index contributed by atoms with van der Waals surface area (Å²) in [6.07, 6.45) is 11.6. The summed E-state index contributed by atoms with van der Waals surface area (Å²) in [6.45, 7) is 19.1. The quantitative estimate of drug-likeness (QED) is 0.0273. The second-order valence-electron chi connectivity index (χ2n) is 30.2. The second kappa shape index (κ2) is 49.8. The summed E-state index contributed by atoms with van der Waals surface area (Å²) < 4.78 is 80.3. The molecular weight excluding hydrogens is 1530 g/mol. The lowest BCUT2D eigenvalue weighted by Crippen LogP contribution is -2.19. The Bertz CT molecular complexity index is 5370. The van der Waals surface area contributed by atoms with Gasteiger partial charge in [0.15, 0.2) is 18.9 Å². The molecule has 0 heterocycles. The molecule has 0 aliphatic heterocycles. The number of ether oxygens (including phenoxy) is 14. The topological polar surface area (TPSA) is 129 Å².